The van der Waals surface area contributed by atoms with Crippen LogP contribution in [0.3, 0.4) is 0 Å². The molecule has 0 aliphatic heterocycles. The third-order valence-corrected chi connectivity index (χ3v) is 4.14. The Hall–Kier alpha value is -1.23. The first-order valence-electron chi connectivity index (χ1n) is 7.05. The zero-order valence-electron chi connectivity index (χ0n) is 12.3. The fraction of sp³-hybridized carbons (Fsp3) is 0.375. The van der Waals surface area contributed by atoms with Crippen molar-refractivity contribution in [2.24, 2.45) is 0 Å². The first kappa shape index (κ1) is 16.1. The van der Waals surface area contributed by atoms with Gasteiger partial charge >= 0.3 is 0 Å². The molecule has 0 amide bonds. The van der Waals surface area contributed by atoms with E-state index in [9.17, 15) is 0 Å². The quantitative estimate of drug-likeness (QED) is 0.775. The van der Waals surface area contributed by atoms with Gasteiger partial charge in [-0.2, -0.15) is 0 Å². The number of ether oxygens (including phenoxy) is 2. The predicted octanol–water partition coefficient (Wildman–Crippen LogP) is 4.49. The Morgan fingerprint density at radius 2 is 1.81 bits per heavy atom. The molecule has 21 heavy (non-hydrogen) atoms. The van der Waals surface area contributed by atoms with Gasteiger partial charge in [0, 0.05) is 29.1 Å². The number of halogens is 1. The molecule has 1 heterocycles. The van der Waals surface area contributed by atoms with E-state index in [4.69, 9.17) is 21.1 Å². The molecule has 0 saturated carbocycles. The van der Waals surface area contributed by atoms with Gasteiger partial charge in [0.15, 0.2) is 11.5 Å². The maximum absolute atomic E-state index is 6.32. The molecule has 0 fully saturated rings. The number of benzene rings is 1. The van der Waals surface area contributed by atoms with Crippen LogP contribution in [0.15, 0.2) is 29.6 Å². The zero-order valence-corrected chi connectivity index (χ0v) is 13.9. The lowest BCUT2D eigenvalue weighted by Crippen LogP contribution is -2.12. The fourth-order valence-electron chi connectivity index (χ4n) is 1.98. The summed E-state index contributed by atoms with van der Waals surface area (Å²) < 4.78 is 11.2. The number of rotatable bonds is 8. The smallest absolute Gasteiger partial charge is 0.162 e. The number of nitrogens with one attached hydrogen (secondary N) is 1. The minimum atomic E-state index is 0.590. The number of thiophene rings is 1. The van der Waals surface area contributed by atoms with Gasteiger partial charge in [0.1, 0.15) is 0 Å². The van der Waals surface area contributed by atoms with Crippen LogP contribution in [-0.4, -0.2) is 13.2 Å². The summed E-state index contributed by atoms with van der Waals surface area (Å²) in [5, 5.41) is 6.17. The standard InChI is InChI=1S/C16H20ClNO2S/c1-3-19-15-8-12(14(17)9-16(15)20-4-2)10-18-11-13-6-5-7-21-13/h5-9,18H,3-4,10-11H2,1-2H3. The Morgan fingerprint density at radius 3 is 2.43 bits per heavy atom. The van der Waals surface area contributed by atoms with Crippen LogP contribution in [0.2, 0.25) is 5.02 Å². The molecule has 1 N–H and O–H groups in total. The Bertz CT molecular complexity index is 558. The van der Waals surface area contributed by atoms with Crippen molar-refractivity contribution in [3.05, 3.63) is 45.1 Å². The molecule has 2 rings (SSSR count). The van der Waals surface area contributed by atoms with Crippen molar-refractivity contribution in [1.29, 1.82) is 0 Å². The molecule has 5 heteroatoms. The molecule has 0 aliphatic carbocycles. The lowest BCUT2D eigenvalue weighted by Gasteiger charge is -2.14. The molecule has 0 aliphatic rings. The third-order valence-electron chi connectivity index (χ3n) is 2.91. The Labute approximate surface area is 134 Å². The Balaban J connectivity index is 2.05. The summed E-state index contributed by atoms with van der Waals surface area (Å²) in [6.07, 6.45) is 0. The number of hydrogen-bond acceptors (Lipinski definition) is 4. The molecule has 3 nitrogen and oxygen atoms in total. The lowest BCUT2D eigenvalue weighted by atomic mass is 10.2. The summed E-state index contributed by atoms with van der Waals surface area (Å²) >= 11 is 8.07. The first-order valence-corrected chi connectivity index (χ1v) is 8.31. The van der Waals surface area contributed by atoms with Crippen LogP contribution in [0.1, 0.15) is 24.3 Å². The second kappa shape index (κ2) is 8.27. The van der Waals surface area contributed by atoms with E-state index in [-0.39, 0.29) is 0 Å². The molecular weight excluding hydrogens is 306 g/mol. The highest BCUT2D eigenvalue weighted by atomic mass is 35.5. The van der Waals surface area contributed by atoms with Crippen molar-refractivity contribution in [3.63, 3.8) is 0 Å². The maximum Gasteiger partial charge on any atom is 0.162 e. The van der Waals surface area contributed by atoms with Gasteiger partial charge < -0.3 is 14.8 Å². The minimum absolute atomic E-state index is 0.590. The molecular formula is C16H20ClNO2S. The zero-order chi connectivity index (χ0) is 15.1. The average Bonchev–Trinajstić information content (AvgIpc) is 2.97. The molecule has 1 aromatic heterocycles. The molecule has 1 aromatic carbocycles. The maximum atomic E-state index is 6.32. The SMILES string of the molecule is CCOc1cc(Cl)c(CNCc2cccs2)cc1OCC. The van der Waals surface area contributed by atoms with Gasteiger partial charge in [0.2, 0.25) is 0 Å². The third kappa shape index (κ3) is 4.63. The van der Waals surface area contributed by atoms with E-state index < -0.39 is 0 Å². The first-order chi connectivity index (χ1) is 10.2. The fourth-order valence-corrected chi connectivity index (χ4v) is 2.88. The van der Waals surface area contributed by atoms with Crippen LogP contribution in [-0.2, 0) is 13.1 Å². The van der Waals surface area contributed by atoms with Crippen LogP contribution in [0.25, 0.3) is 0 Å². The monoisotopic (exact) mass is 325 g/mol. The molecule has 0 saturated heterocycles. The summed E-state index contributed by atoms with van der Waals surface area (Å²) in [4.78, 5) is 1.31. The predicted molar refractivity (Wildman–Crippen MR) is 88.7 cm³/mol. The molecule has 0 spiro atoms. The van der Waals surface area contributed by atoms with Gasteiger partial charge in [-0.1, -0.05) is 17.7 Å². The van der Waals surface area contributed by atoms with E-state index in [1.807, 2.05) is 26.0 Å². The summed E-state index contributed by atoms with van der Waals surface area (Å²) in [6.45, 7) is 6.63. The van der Waals surface area contributed by atoms with E-state index in [0.29, 0.717) is 30.5 Å². The highest BCUT2D eigenvalue weighted by Gasteiger charge is 2.10. The van der Waals surface area contributed by atoms with Crippen LogP contribution in [0.5, 0.6) is 11.5 Å². The molecule has 0 unspecified atom stereocenters. The summed E-state index contributed by atoms with van der Waals surface area (Å²) in [5.41, 5.74) is 1.01. The van der Waals surface area contributed by atoms with E-state index in [1.165, 1.54) is 4.88 Å². The van der Waals surface area contributed by atoms with Crippen molar-refractivity contribution in [3.8, 4) is 11.5 Å². The van der Waals surface area contributed by atoms with E-state index in [2.05, 4.69) is 22.8 Å². The van der Waals surface area contributed by atoms with Gasteiger partial charge in [-0.3, -0.25) is 0 Å². The van der Waals surface area contributed by atoms with Crippen LogP contribution in [0, 0.1) is 0 Å². The van der Waals surface area contributed by atoms with Crippen LogP contribution < -0.4 is 14.8 Å². The van der Waals surface area contributed by atoms with Crippen molar-refractivity contribution in [1.82, 2.24) is 5.32 Å². The highest BCUT2D eigenvalue weighted by Crippen LogP contribution is 2.33. The van der Waals surface area contributed by atoms with Crippen LogP contribution >= 0.6 is 22.9 Å². The number of hydrogen-bond donors (Lipinski definition) is 1. The molecule has 114 valence electrons. The minimum Gasteiger partial charge on any atom is -0.490 e. The molecule has 0 radical (unpaired) electrons. The molecule has 0 bridgehead atoms. The van der Waals surface area contributed by atoms with Gasteiger partial charge in [0.25, 0.3) is 0 Å². The second-order valence-corrected chi connectivity index (χ2v) is 5.88. The highest BCUT2D eigenvalue weighted by molar-refractivity contribution is 7.09. The van der Waals surface area contributed by atoms with Gasteiger partial charge in [-0.15, -0.1) is 11.3 Å². The van der Waals surface area contributed by atoms with Crippen molar-refractivity contribution >= 4 is 22.9 Å². The van der Waals surface area contributed by atoms with Gasteiger partial charge in [-0.25, -0.2) is 0 Å². The van der Waals surface area contributed by atoms with Crippen molar-refractivity contribution < 1.29 is 9.47 Å². The van der Waals surface area contributed by atoms with E-state index in [1.54, 1.807) is 11.3 Å². The van der Waals surface area contributed by atoms with Crippen LogP contribution in [0.4, 0.5) is 0 Å². The average molecular weight is 326 g/mol. The van der Waals surface area contributed by atoms with Crippen molar-refractivity contribution in [2.45, 2.75) is 26.9 Å². The topological polar surface area (TPSA) is 30.5 Å². The largest absolute Gasteiger partial charge is 0.490 e. The molecule has 2 aromatic rings. The Kier molecular flexibility index (Phi) is 6.36. The van der Waals surface area contributed by atoms with Gasteiger partial charge in [0.05, 0.1) is 13.2 Å². The molecule has 0 atom stereocenters. The summed E-state index contributed by atoms with van der Waals surface area (Å²) in [5.74, 6) is 1.45. The Morgan fingerprint density at radius 1 is 1.10 bits per heavy atom. The normalized spacial score (nSPS) is 10.6. The van der Waals surface area contributed by atoms with Gasteiger partial charge in [-0.05, 0) is 36.9 Å². The summed E-state index contributed by atoms with van der Waals surface area (Å²) in [7, 11) is 0. The lowest BCUT2D eigenvalue weighted by molar-refractivity contribution is 0.287. The summed E-state index contributed by atoms with van der Waals surface area (Å²) in [6, 6.07) is 7.96. The second-order valence-electron chi connectivity index (χ2n) is 4.44. The van der Waals surface area contributed by atoms with E-state index >= 15 is 0 Å². The van der Waals surface area contributed by atoms with E-state index in [0.717, 1.165) is 17.9 Å². The van der Waals surface area contributed by atoms with Crippen molar-refractivity contribution in [2.75, 3.05) is 13.2 Å².